The number of rotatable bonds is 3. The van der Waals surface area contributed by atoms with E-state index in [-0.39, 0.29) is 0 Å². The molecule has 0 amide bonds. The number of hydrogen-bond donors (Lipinski definition) is 1. The quantitative estimate of drug-likeness (QED) is 0.763. The maximum atomic E-state index is 4.36. The minimum Gasteiger partial charge on any atom is -0.300 e. The average Bonchev–Trinajstić information content (AvgIpc) is 3.36. The fourth-order valence-electron chi connectivity index (χ4n) is 4.80. The van der Waals surface area contributed by atoms with Crippen molar-refractivity contribution in [1.29, 1.82) is 0 Å². The molecular formula is C23H25N3. The molecule has 2 aromatic carbocycles. The molecule has 1 saturated heterocycles. The van der Waals surface area contributed by atoms with Crippen LogP contribution in [0.5, 0.6) is 0 Å². The van der Waals surface area contributed by atoms with E-state index in [1.807, 2.05) is 6.20 Å². The summed E-state index contributed by atoms with van der Waals surface area (Å²) < 4.78 is 0. The smallest absolute Gasteiger partial charge is 0.0568 e. The number of hydrogen-bond acceptors (Lipinski definition) is 2. The van der Waals surface area contributed by atoms with Crippen LogP contribution in [-0.4, -0.2) is 34.2 Å². The molecule has 1 aliphatic heterocycles. The van der Waals surface area contributed by atoms with E-state index >= 15 is 0 Å². The first kappa shape index (κ1) is 15.8. The molecule has 3 nitrogen and oxygen atoms in total. The van der Waals surface area contributed by atoms with E-state index in [9.17, 15) is 0 Å². The normalized spacial score (nSPS) is 18.9. The van der Waals surface area contributed by atoms with Gasteiger partial charge in [0.2, 0.25) is 0 Å². The zero-order valence-corrected chi connectivity index (χ0v) is 15.1. The van der Waals surface area contributed by atoms with Gasteiger partial charge in [0.05, 0.1) is 6.20 Å². The van der Waals surface area contributed by atoms with Crippen molar-refractivity contribution in [3.63, 3.8) is 0 Å². The lowest BCUT2D eigenvalue weighted by Gasteiger charge is -2.36. The molecule has 1 aliphatic carbocycles. The standard InChI is InChI=1S/C23H25N3/c1-2-6-17(7-3-1)22-16-24-25-23(22)18-10-12-26(13-11-18)21-14-19-8-4-5-9-20(19)15-21/h1-9,16,18,21H,10-15H2,(H,24,25). The van der Waals surface area contributed by atoms with Gasteiger partial charge in [-0.25, -0.2) is 0 Å². The van der Waals surface area contributed by atoms with Crippen molar-refractivity contribution in [2.24, 2.45) is 0 Å². The number of nitrogens with one attached hydrogen (secondary N) is 1. The minimum absolute atomic E-state index is 0.590. The van der Waals surface area contributed by atoms with Crippen LogP contribution < -0.4 is 0 Å². The highest BCUT2D eigenvalue weighted by Gasteiger charge is 2.31. The lowest BCUT2D eigenvalue weighted by Crippen LogP contribution is -2.41. The van der Waals surface area contributed by atoms with E-state index in [1.54, 1.807) is 11.1 Å². The first-order valence-electron chi connectivity index (χ1n) is 9.78. The lowest BCUT2D eigenvalue weighted by molar-refractivity contribution is 0.155. The summed E-state index contributed by atoms with van der Waals surface area (Å²) in [6.07, 6.45) is 6.87. The number of nitrogens with zero attached hydrogens (tertiary/aromatic N) is 2. The fraction of sp³-hybridized carbons (Fsp3) is 0.348. The predicted octanol–water partition coefficient (Wildman–Crippen LogP) is 4.42. The Morgan fingerprint density at radius 3 is 2.19 bits per heavy atom. The van der Waals surface area contributed by atoms with Gasteiger partial charge in [-0.15, -0.1) is 0 Å². The Hall–Kier alpha value is -2.39. The number of aromatic nitrogens is 2. The molecule has 0 atom stereocenters. The highest BCUT2D eigenvalue weighted by molar-refractivity contribution is 5.65. The Balaban J connectivity index is 1.27. The molecule has 0 unspecified atom stereocenters. The molecule has 132 valence electrons. The van der Waals surface area contributed by atoms with Gasteiger partial charge in [0.15, 0.2) is 0 Å². The second-order valence-corrected chi connectivity index (χ2v) is 7.70. The monoisotopic (exact) mass is 343 g/mol. The topological polar surface area (TPSA) is 31.9 Å². The maximum absolute atomic E-state index is 4.36. The van der Waals surface area contributed by atoms with Crippen LogP contribution in [0.25, 0.3) is 11.1 Å². The third kappa shape index (κ3) is 2.86. The maximum Gasteiger partial charge on any atom is 0.0568 e. The van der Waals surface area contributed by atoms with Gasteiger partial charge in [-0.1, -0.05) is 54.6 Å². The van der Waals surface area contributed by atoms with Crippen molar-refractivity contribution in [2.75, 3.05) is 13.1 Å². The van der Waals surface area contributed by atoms with Gasteiger partial charge >= 0.3 is 0 Å². The van der Waals surface area contributed by atoms with E-state index in [4.69, 9.17) is 0 Å². The highest BCUT2D eigenvalue weighted by Crippen LogP contribution is 2.35. The Labute approximate surface area is 155 Å². The minimum atomic E-state index is 0.590. The molecule has 0 bridgehead atoms. The van der Waals surface area contributed by atoms with Crippen LogP contribution in [0, 0.1) is 0 Å². The number of H-pyrrole nitrogens is 1. The van der Waals surface area contributed by atoms with Gasteiger partial charge in [-0.2, -0.15) is 5.10 Å². The summed E-state index contributed by atoms with van der Waals surface area (Å²) in [7, 11) is 0. The summed E-state index contributed by atoms with van der Waals surface area (Å²) in [6, 6.07) is 20.3. The molecule has 2 aliphatic rings. The number of likely N-dealkylation sites (tertiary alicyclic amines) is 1. The zero-order valence-electron chi connectivity index (χ0n) is 15.1. The van der Waals surface area contributed by atoms with E-state index in [0.717, 1.165) is 0 Å². The molecule has 0 radical (unpaired) electrons. The van der Waals surface area contributed by atoms with Crippen LogP contribution in [0.4, 0.5) is 0 Å². The SMILES string of the molecule is c1ccc(-c2cn[nH]c2C2CCN(C3Cc4ccccc4C3)CC2)cc1. The van der Waals surface area contributed by atoms with E-state index in [2.05, 4.69) is 69.7 Å². The summed E-state index contributed by atoms with van der Waals surface area (Å²) in [5, 5.41) is 7.66. The first-order chi connectivity index (χ1) is 12.9. The van der Waals surface area contributed by atoms with Crippen molar-refractivity contribution in [3.05, 3.63) is 77.6 Å². The van der Waals surface area contributed by atoms with Crippen LogP contribution in [0.1, 0.15) is 35.6 Å². The van der Waals surface area contributed by atoms with Crippen LogP contribution in [0.3, 0.4) is 0 Å². The Morgan fingerprint density at radius 2 is 1.50 bits per heavy atom. The van der Waals surface area contributed by atoms with Crippen LogP contribution in [0.15, 0.2) is 60.8 Å². The van der Waals surface area contributed by atoms with E-state index in [1.165, 1.54) is 55.6 Å². The number of fused-ring (bicyclic) bond motifs is 1. The molecule has 0 spiro atoms. The Kier molecular flexibility index (Phi) is 4.10. The third-order valence-electron chi connectivity index (χ3n) is 6.24. The first-order valence-corrected chi connectivity index (χ1v) is 9.78. The molecular weight excluding hydrogens is 318 g/mol. The van der Waals surface area contributed by atoms with Gasteiger partial charge in [0.25, 0.3) is 0 Å². The number of aromatic amines is 1. The molecule has 1 fully saturated rings. The highest BCUT2D eigenvalue weighted by atomic mass is 15.2. The molecule has 0 saturated carbocycles. The second kappa shape index (κ2) is 6.73. The molecule has 3 aromatic rings. The molecule has 1 aromatic heterocycles. The molecule has 5 rings (SSSR count). The van der Waals surface area contributed by atoms with Crippen molar-refractivity contribution >= 4 is 0 Å². The molecule has 3 heteroatoms. The number of piperidine rings is 1. The summed E-state index contributed by atoms with van der Waals surface area (Å²) >= 11 is 0. The summed E-state index contributed by atoms with van der Waals surface area (Å²) in [5.74, 6) is 0.590. The molecule has 1 N–H and O–H groups in total. The Bertz CT molecular complexity index is 850. The summed E-state index contributed by atoms with van der Waals surface area (Å²) in [6.45, 7) is 2.38. The van der Waals surface area contributed by atoms with Crippen LogP contribution in [0.2, 0.25) is 0 Å². The van der Waals surface area contributed by atoms with Crippen molar-refractivity contribution < 1.29 is 0 Å². The van der Waals surface area contributed by atoms with Crippen molar-refractivity contribution in [2.45, 2.75) is 37.6 Å². The summed E-state index contributed by atoms with van der Waals surface area (Å²) in [5.41, 5.74) is 6.98. The van der Waals surface area contributed by atoms with E-state index < -0.39 is 0 Å². The van der Waals surface area contributed by atoms with E-state index in [0.29, 0.717) is 12.0 Å². The van der Waals surface area contributed by atoms with Gasteiger partial charge in [0.1, 0.15) is 0 Å². The average molecular weight is 343 g/mol. The fourth-order valence-corrected chi connectivity index (χ4v) is 4.80. The lowest BCUT2D eigenvalue weighted by atomic mass is 9.89. The van der Waals surface area contributed by atoms with Gasteiger partial charge in [-0.05, 0) is 55.5 Å². The number of benzene rings is 2. The van der Waals surface area contributed by atoms with Crippen LogP contribution >= 0.6 is 0 Å². The van der Waals surface area contributed by atoms with Crippen molar-refractivity contribution in [3.8, 4) is 11.1 Å². The second-order valence-electron chi connectivity index (χ2n) is 7.70. The molecule has 26 heavy (non-hydrogen) atoms. The van der Waals surface area contributed by atoms with Gasteiger partial charge in [-0.3, -0.25) is 10.00 Å². The predicted molar refractivity (Wildman–Crippen MR) is 105 cm³/mol. The van der Waals surface area contributed by atoms with Gasteiger partial charge in [0, 0.05) is 23.2 Å². The summed E-state index contributed by atoms with van der Waals surface area (Å²) in [4.78, 5) is 2.72. The third-order valence-corrected chi connectivity index (χ3v) is 6.24. The largest absolute Gasteiger partial charge is 0.300 e. The van der Waals surface area contributed by atoms with Crippen LogP contribution in [-0.2, 0) is 12.8 Å². The Morgan fingerprint density at radius 1 is 0.846 bits per heavy atom. The molecule has 2 heterocycles. The van der Waals surface area contributed by atoms with Crippen molar-refractivity contribution in [1.82, 2.24) is 15.1 Å². The zero-order chi connectivity index (χ0) is 17.3. The van der Waals surface area contributed by atoms with Gasteiger partial charge < -0.3 is 0 Å².